The molecule has 0 radical (unpaired) electrons. The lowest BCUT2D eigenvalue weighted by atomic mass is 10.2. The summed E-state index contributed by atoms with van der Waals surface area (Å²) in [6.07, 6.45) is 0. The summed E-state index contributed by atoms with van der Waals surface area (Å²) in [4.78, 5) is 6.57. The van der Waals surface area contributed by atoms with Gasteiger partial charge >= 0.3 is 0 Å². The van der Waals surface area contributed by atoms with Crippen LogP contribution in [0.5, 0.6) is 0 Å². The molecule has 0 spiro atoms. The van der Waals surface area contributed by atoms with Crippen molar-refractivity contribution >= 4 is 11.6 Å². The lowest BCUT2D eigenvalue weighted by molar-refractivity contribution is 0.176. The fraction of sp³-hybridized carbons (Fsp3) is 0.429. The summed E-state index contributed by atoms with van der Waals surface area (Å²) in [6, 6.07) is 4.49. The number of rotatable bonds is 3. The fourth-order valence-corrected chi connectivity index (χ4v) is 2.68. The van der Waals surface area contributed by atoms with Crippen LogP contribution in [0.3, 0.4) is 0 Å². The molecule has 1 saturated heterocycles. The molecule has 0 amide bonds. The highest BCUT2D eigenvalue weighted by atomic mass is 35.5. The third-order valence-corrected chi connectivity index (χ3v) is 4.01. The molecule has 112 valence electrons. The molecule has 1 aromatic heterocycles. The highest BCUT2D eigenvalue weighted by Gasteiger charge is 2.24. The summed E-state index contributed by atoms with van der Waals surface area (Å²) in [5.41, 5.74) is 0.158. The van der Waals surface area contributed by atoms with Crippen molar-refractivity contribution in [3.05, 3.63) is 34.9 Å². The van der Waals surface area contributed by atoms with Gasteiger partial charge in [-0.05, 0) is 19.1 Å². The zero-order chi connectivity index (χ0) is 14.8. The minimum Gasteiger partial charge on any atom is -0.334 e. The molecular formula is C14H16ClFN4O. The zero-order valence-electron chi connectivity index (χ0n) is 11.6. The van der Waals surface area contributed by atoms with Gasteiger partial charge in [-0.25, -0.2) is 4.39 Å². The van der Waals surface area contributed by atoms with Crippen molar-refractivity contribution in [3.63, 3.8) is 0 Å². The Morgan fingerprint density at radius 3 is 2.86 bits per heavy atom. The Kier molecular flexibility index (Phi) is 4.19. The van der Waals surface area contributed by atoms with E-state index in [1.165, 1.54) is 6.07 Å². The van der Waals surface area contributed by atoms with Gasteiger partial charge in [0.05, 0.1) is 16.6 Å². The molecule has 5 nitrogen and oxygen atoms in total. The van der Waals surface area contributed by atoms with Gasteiger partial charge in [-0.2, -0.15) is 4.98 Å². The molecule has 1 aliphatic heterocycles. The maximum absolute atomic E-state index is 13.9. The van der Waals surface area contributed by atoms with Crippen LogP contribution in [0.1, 0.15) is 18.8 Å². The second-order valence-corrected chi connectivity index (χ2v) is 5.42. The largest absolute Gasteiger partial charge is 0.334 e. The molecule has 7 heteroatoms. The van der Waals surface area contributed by atoms with Gasteiger partial charge in [-0.3, -0.25) is 4.90 Å². The van der Waals surface area contributed by atoms with Crippen LogP contribution in [0.4, 0.5) is 4.39 Å². The van der Waals surface area contributed by atoms with Crippen molar-refractivity contribution in [1.82, 2.24) is 20.4 Å². The molecule has 21 heavy (non-hydrogen) atoms. The van der Waals surface area contributed by atoms with E-state index in [9.17, 15) is 4.39 Å². The van der Waals surface area contributed by atoms with E-state index in [0.717, 1.165) is 26.2 Å². The average Bonchev–Trinajstić information content (AvgIpc) is 2.97. The monoisotopic (exact) mass is 310 g/mol. The Bertz CT molecular complexity index is 607. The van der Waals surface area contributed by atoms with Gasteiger partial charge in [0.15, 0.2) is 5.82 Å². The Labute approximate surface area is 127 Å². The van der Waals surface area contributed by atoms with E-state index in [4.69, 9.17) is 16.1 Å². The summed E-state index contributed by atoms with van der Waals surface area (Å²) in [5.74, 6) is 0.203. The highest BCUT2D eigenvalue weighted by Crippen LogP contribution is 2.30. The first kappa shape index (κ1) is 14.4. The molecule has 1 aromatic carbocycles. The molecule has 1 atom stereocenters. The van der Waals surface area contributed by atoms with Gasteiger partial charge in [0.25, 0.3) is 5.89 Å². The van der Waals surface area contributed by atoms with Crippen LogP contribution in [0.2, 0.25) is 5.02 Å². The van der Waals surface area contributed by atoms with Crippen LogP contribution < -0.4 is 5.32 Å². The fourth-order valence-electron chi connectivity index (χ4n) is 2.44. The number of aromatic nitrogens is 2. The van der Waals surface area contributed by atoms with E-state index in [0.29, 0.717) is 5.82 Å². The molecule has 1 N–H and O–H groups in total. The molecule has 1 aliphatic rings. The van der Waals surface area contributed by atoms with Crippen molar-refractivity contribution in [2.75, 3.05) is 26.2 Å². The Balaban J connectivity index is 1.86. The van der Waals surface area contributed by atoms with E-state index in [1.807, 2.05) is 6.92 Å². The number of halogens is 2. The smallest absolute Gasteiger partial charge is 0.262 e. The maximum Gasteiger partial charge on any atom is 0.262 e. The molecule has 1 fully saturated rings. The molecule has 2 heterocycles. The first-order chi connectivity index (χ1) is 10.2. The van der Waals surface area contributed by atoms with E-state index in [2.05, 4.69) is 20.4 Å². The first-order valence-electron chi connectivity index (χ1n) is 6.89. The third-order valence-electron chi connectivity index (χ3n) is 3.69. The minimum absolute atomic E-state index is 0.0233. The highest BCUT2D eigenvalue weighted by molar-refractivity contribution is 6.33. The van der Waals surface area contributed by atoms with Crippen molar-refractivity contribution in [2.45, 2.75) is 13.0 Å². The van der Waals surface area contributed by atoms with Crippen molar-refractivity contribution < 1.29 is 8.91 Å². The van der Waals surface area contributed by atoms with Crippen LogP contribution in [0.15, 0.2) is 22.7 Å². The second kappa shape index (κ2) is 6.09. The topological polar surface area (TPSA) is 54.2 Å². The average molecular weight is 311 g/mol. The Hall–Kier alpha value is -1.50. The standard InChI is InChI=1S/C14H16ClFN4O/c1-9(20-7-5-17-6-8-20)13-18-14(21-19-13)12-10(15)3-2-4-11(12)16/h2-4,9,17H,5-8H2,1H3. The van der Waals surface area contributed by atoms with E-state index < -0.39 is 5.82 Å². The molecule has 0 saturated carbocycles. The minimum atomic E-state index is -0.465. The number of hydrogen-bond donors (Lipinski definition) is 1. The Morgan fingerprint density at radius 2 is 2.14 bits per heavy atom. The van der Waals surface area contributed by atoms with E-state index >= 15 is 0 Å². The third kappa shape index (κ3) is 2.92. The second-order valence-electron chi connectivity index (χ2n) is 5.02. The van der Waals surface area contributed by atoms with Crippen molar-refractivity contribution in [1.29, 1.82) is 0 Å². The van der Waals surface area contributed by atoms with Crippen LogP contribution in [0.25, 0.3) is 11.5 Å². The van der Waals surface area contributed by atoms with Crippen molar-refractivity contribution in [3.8, 4) is 11.5 Å². The van der Waals surface area contributed by atoms with Crippen LogP contribution >= 0.6 is 11.6 Å². The van der Waals surface area contributed by atoms with Gasteiger partial charge in [-0.1, -0.05) is 22.8 Å². The predicted octanol–water partition coefficient (Wildman–Crippen LogP) is 2.50. The van der Waals surface area contributed by atoms with Crippen LogP contribution in [-0.2, 0) is 0 Å². The quantitative estimate of drug-likeness (QED) is 0.944. The van der Waals surface area contributed by atoms with Gasteiger partial charge < -0.3 is 9.84 Å². The number of piperazine rings is 1. The summed E-state index contributed by atoms with van der Waals surface area (Å²) in [5, 5.41) is 7.53. The lowest BCUT2D eigenvalue weighted by Crippen LogP contribution is -2.44. The van der Waals surface area contributed by atoms with Crippen LogP contribution in [-0.4, -0.2) is 41.2 Å². The molecule has 0 bridgehead atoms. The summed E-state index contributed by atoms with van der Waals surface area (Å²) in [6.45, 7) is 5.74. The SMILES string of the molecule is CC(c1noc(-c2c(F)cccc2Cl)n1)N1CCNCC1. The first-order valence-corrected chi connectivity index (χ1v) is 7.27. The molecular weight excluding hydrogens is 295 g/mol. The maximum atomic E-state index is 13.9. The zero-order valence-corrected chi connectivity index (χ0v) is 12.4. The molecule has 3 rings (SSSR count). The van der Waals surface area contributed by atoms with Gasteiger partial charge in [0.2, 0.25) is 0 Å². The molecule has 2 aromatic rings. The van der Waals surface area contributed by atoms with Gasteiger partial charge in [0, 0.05) is 26.2 Å². The Morgan fingerprint density at radius 1 is 1.38 bits per heavy atom. The lowest BCUT2D eigenvalue weighted by Gasteiger charge is -2.30. The van der Waals surface area contributed by atoms with Gasteiger partial charge in [0.1, 0.15) is 5.82 Å². The normalized spacial score (nSPS) is 17.9. The van der Waals surface area contributed by atoms with Gasteiger partial charge in [-0.15, -0.1) is 0 Å². The number of nitrogens with zero attached hydrogens (tertiary/aromatic N) is 3. The van der Waals surface area contributed by atoms with E-state index in [-0.39, 0.29) is 22.5 Å². The predicted molar refractivity (Wildman–Crippen MR) is 77.6 cm³/mol. The number of hydrogen-bond acceptors (Lipinski definition) is 5. The summed E-state index contributed by atoms with van der Waals surface area (Å²) >= 11 is 6.02. The molecule has 1 unspecified atom stereocenters. The molecule has 0 aliphatic carbocycles. The van der Waals surface area contributed by atoms with Crippen molar-refractivity contribution in [2.24, 2.45) is 0 Å². The van der Waals surface area contributed by atoms with Crippen LogP contribution in [0, 0.1) is 5.82 Å². The van der Waals surface area contributed by atoms with E-state index in [1.54, 1.807) is 12.1 Å². The number of nitrogens with one attached hydrogen (secondary N) is 1. The summed E-state index contributed by atoms with van der Waals surface area (Å²) < 4.78 is 19.1. The number of benzene rings is 1. The summed E-state index contributed by atoms with van der Waals surface area (Å²) in [7, 11) is 0.